The normalized spacial score (nSPS) is 17.2. The Morgan fingerprint density at radius 1 is 1.18 bits per heavy atom. The molecule has 0 unspecified atom stereocenters. The summed E-state index contributed by atoms with van der Waals surface area (Å²) in [6.07, 6.45) is 2.16. The summed E-state index contributed by atoms with van der Waals surface area (Å²) in [4.78, 5) is 2.50. The van der Waals surface area contributed by atoms with E-state index in [0.29, 0.717) is 0 Å². The molecule has 1 aromatic rings. The van der Waals surface area contributed by atoms with Crippen LogP contribution in [0.1, 0.15) is 12.0 Å². The van der Waals surface area contributed by atoms with Crippen LogP contribution < -0.4 is 16.8 Å². The smallest absolute Gasteiger partial charge is 0.0348 e. The van der Waals surface area contributed by atoms with Crippen molar-refractivity contribution in [1.82, 2.24) is 10.2 Å². The summed E-state index contributed by atoms with van der Waals surface area (Å²) in [5, 5.41) is 3.36. The minimum Gasteiger partial charge on any atom is -0.399 e. The lowest BCUT2D eigenvalue weighted by atomic mass is 10.1. The first-order valence-corrected chi connectivity index (χ1v) is 6.32. The molecule has 4 heteroatoms. The molecule has 1 fully saturated rings. The van der Waals surface area contributed by atoms with Crippen LogP contribution in [0.2, 0.25) is 0 Å². The van der Waals surface area contributed by atoms with E-state index in [1.807, 2.05) is 18.2 Å². The first kappa shape index (κ1) is 12.2. The van der Waals surface area contributed by atoms with Gasteiger partial charge < -0.3 is 21.7 Å². The number of hydrogen-bond acceptors (Lipinski definition) is 4. The molecule has 0 radical (unpaired) electrons. The Labute approximate surface area is 103 Å². The first-order chi connectivity index (χ1) is 8.25. The molecular formula is C13H22N4. The molecular weight excluding hydrogens is 212 g/mol. The molecule has 0 spiro atoms. The number of nitrogens with one attached hydrogen (secondary N) is 1. The number of anilines is 2. The molecule has 2 rings (SSSR count). The van der Waals surface area contributed by atoms with E-state index in [2.05, 4.69) is 10.2 Å². The van der Waals surface area contributed by atoms with E-state index < -0.39 is 0 Å². The lowest BCUT2D eigenvalue weighted by molar-refractivity contribution is 0.238. The highest BCUT2D eigenvalue weighted by atomic mass is 15.2. The number of benzene rings is 1. The Hall–Kier alpha value is -1.26. The number of nitrogens with two attached hydrogens (primary N) is 2. The zero-order valence-electron chi connectivity index (χ0n) is 10.3. The van der Waals surface area contributed by atoms with Crippen molar-refractivity contribution in [2.75, 3.05) is 44.2 Å². The topological polar surface area (TPSA) is 67.3 Å². The maximum Gasteiger partial charge on any atom is 0.0348 e. The summed E-state index contributed by atoms with van der Waals surface area (Å²) in [5.41, 5.74) is 14.5. The average Bonchev–Trinajstić information content (AvgIpc) is 2.35. The van der Waals surface area contributed by atoms with Gasteiger partial charge in [-0.1, -0.05) is 0 Å². The van der Waals surface area contributed by atoms with Crippen molar-refractivity contribution in [2.24, 2.45) is 0 Å². The van der Waals surface area contributed by atoms with Crippen LogP contribution in [0.25, 0.3) is 0 Å². The number of nitrogen functional groups attached to an aromatic ring is 2. The van der Waals surface area contributed by atoms with E-state index >= 15 is 0 Å². The third kappa shape index (κ3) is 3.61. The maximum absolute atomic E-state index is 5.93. The lowest BCUT2D eigenvalue weighted by Gasteiger charge is -2.27. The molecule has 0 saturated carbocycles. The highest BCUT2D eigenvalue weighted by molar-refractivity contribution is 5.55. The SMILES string of the molecule is Nc1ccc(N)c(CCCN2CCNCC2)c1. The quantitative estimate of drug-likeness (QED) is 0.671. The standard InChI is InChI=1S/C13H22N4/c14-12-3-4-13(15)11(10-12)2-1-7-17-8-5-16-6-9-17/h3-4,10,16H,1-2,5-9,14-15H2. The van der Waals surface area contributed by atoms with Crippen molar-refractivity contribution in [3.8, 4) is 0 Å². The molecule has 94 valence electrons. The second-order valence-corrected chi connectivity index (χ2v) is 4.65. The molecule has 17 heavy (non-hydrogen) atoms. The van der Waals surface area contributed by atoms with Crippen molar-refractivity contribution >= 4 is 11.4 Å². The van der Waals surface area contributed by atoms with E-state index in [0.717, 1.165) is 56.9 Å². The molecule has 0 amide bonds. The van der Waals surface area contributed by atoms with Crippen LogP contribution in [0.5, 0.6) is 0 Å². The van der Waals surface area contributed by atoms with Crippen molar-refractivity contribution in [3.05, 3.63) is 23.8 Å². The van der Waals surface area contributed by atoms with Gasteiger partial charge in [0, 0.05) is 37.6 Å². The third-order valence-corrected chi connectivity index (χ3v) is 3.30. The number of rotatable bonds is 4. The predicted molar refractivity (Wildman–Crippen MR) is 72.9 cm³/mol. The van der Waals surface area contributed by atoms with Crippen LogP contribution in [0.4, 0.5) is 11.4 Å². The van der Waals surface area contributed by atoms with Gasteiger partial charge in [0.25, 0.3) is 0 Å². The average molecular weight is 234 g/mol. The van der Waals surface area contributed by atoms with Gasteiger partial charge in [-0.15, -0.1) is 0 Å². The summed E-state index contributed by atoms with van der Waals surface area (Å²) in [6, 6.07) is 5.75. The molecule has 0 aromatic heterocycles. The zero-order chi connectivity index (χ0) is 12.1. The second-order valence-electron chi connectivity index (χ2n) is 4.65. The van der Waals surface area contributed by atoms with Gasteiger partial charge in [-0.3, -0.25) is 0 Å². The van der Waals surface area contributed by atoms with E-state index in [1.165, 1.54) is 5.56 Å². The maximum atomic E-state index is 5.93. The fourth-order valence-electron chi connectivity index (χ4n) is 2.27. The van der Waals surface area contributed by atoms with Crippen LogP contribution in [-0.4, -0.2) is 37.6 Å². The van der Waals surface area contributed by atoms with Crippen molar-refractivity contribution in [1.29, 1.82) is 0 Å². The monoisotopic (exact) mass is 234 g/mol. The summed E-state index contributed by atoms with van der Waals surface area (Å²) in [5.74, 6) is 0. The Morgan fingerprint density at radius 2 is 1.94 bits per heavy atom. The fourth-order valence-corrected chi connectivity index (χ4v) is 2.27. The highest BCUT2D eigenvalue weighted by Gasteiger charge is 2.09. The van der Waals surface area contributed by atoms with Gasteiger partial charge in [0.2, 0.25) is 0 Å². The van der Waals surface area contributed by atoms with E-state index in [1.54, 1.807) is 0 Å². The zero-order valence-corrected chi connectivity index (χ0v) is 10.3. The fraction of sp³-hybridized carbons (Fsp3) is 0.538. The Balaban J connectivity index is 1.79. The van der Waals surface area contributed by atoms with Crippen LogP contribution >= 0.6 is 0 Å². The highest BCUT2D eigenvalue weighted by Crippen LogP contribution is 2.17. The van der Waals surface area contributed by atoms with Gasteiger partial charge in [0.15, 0.2) is 0 Å². The number of hydrogen-bond donors (Lipinski definition) is 3. The van der Waals surface area contributed by atoms with Crippen LogP contribution in [-0.2, 0) is 6.42 Å². The Morgan fingerprint density at radius 3 is 2.71 bits per heavy atom. The summed E-state index contributed by atoms with van der Waals surface area (Å²) in [7, 11) is 0. The van der Waals surface area contributed by atoms with Crippen molar-refractivity contribution in [3.63, 3.8) is 0 Å². The molecule has 0 atom stereocenters. The number of piperazine rings is 1. The lowest BCUT2D eigenvalue weighted by Crippen LogP contribution is -2.43. The molecule has 1 aromatic carbocycles. The molecule has 0 aliphatic carbocycles. The molecule has 4 nitrogen and oxygen atoms in total. The van der Waals surface area contributed by atoms with Crippen molar-refractivity contribution in [2.45, 2.75) is 12.8 Å². The Kier molecular flexibility index (Phi) is 4.23. The minimum absolute atomic E-state index is 0.802. The van der Waals surface area contributed by atoms with Gasteiger partial charge in [-0.2, -0.15) is 0 Å². The number of aryl methyl sites for hydroxylation is 1. The molecule has 5 N–H and O–H groups in total. The van der Waals surface area contributed by atoms with E-state index in [9.17, 15) is 0 Å². The molecule has 1 heterocycles. The van der Waals surface area contributed by atoms with Crippen LogP contribution in [0.15, 0.2) is 18.2 Å². The van der Waals surface area contributed by atoms with E-state index in [-0.39, 0.29) is 0 Å². The second kappa shape index (κ2) is 5.89. The molecule has 1 aliphatic rings. The van der Waals surface area contributed by atoms with Gasteiger partial charge in [0.1, 0.15) is 0 Å². The first-order valence-electron chi connectivity index (χ1n) is 6.32. The van der Waals surface area contributed by atoms with E-state index in [4.69, 9.17) is 11.5 Å². The van der Waals surface area contributed by atoms with Gasteiger partial charge >= 0.3 is 0 Å². The van der Waals surface area contributed by atoms with Gasteiger partial charge in [-0.25, -0.2) is 0 Å². The molecule has 0 bridgehead atoms. The van der Waals surface area contributed by atoms with Gasteiger partial charge in [0.05, 0.1) is 0 Å². The minimum atomic E-state index is 0.802. The van der Waals surface area contributed by atoms with Crippen LogP contribution in [0, 0.1) is 0 Å². The summed E-state index contributed by atoms with van der Waals surface area (Å²) < 4.78 is 0. The number of nitrogens with zero attached hydrogens (tertiary/aromatic N) is 1. The summed E-state index contributed by atoms with van der Waals surface area (Å²) in [6.45, 7) is 5.69. The molecule has 1 aliphatic heterocycles. The van der Waals surface area contributed by atoms with Crippen LogP contribution in [0.3, 0.4) is 0 Å². The largest absolute Gasteiger partial charge is 0.399 e. The third-order valence-electron chi connectivity index (χ3n) is 3.30. The Bertz CT molecular complexity index is 358. The van der Waals surface area contributed by atoms with Gasteiger partial charge in [-0.05, 0) is 43.1 Å². The summed E-state index contributed by atoms with van der Waals surface area (Å²) >= 11 is 0. The molecule has 1 saturated heterocycles. The van der Waals surface area contributed by atoms with Crippen molar-refractivity contribution < 1.29 is 0 Å². The predicted octanol–water partition coefficient (Wildman–Crippen LogP) is 0.689.